The van der Waals surface area contributed by atoms with Gasteiger partial charge in [0.25, 0.3) is 5.91 Å². The summed E-state index contributed by atoms with van der Waals surface area (Å²) >= 11 is 0. The minimum absolute atomic E-state index is 0.120. The Bertz CT molecular complexity index is 1080. The molecule has 0 spiro atoms. The van der Waals surface area contributed by atoms with Gasteiger partial charge < -0.3 is 25.0 Å². The van der Waals surface area contributed by atoms with Gasteiger partial charge >= 0.3 is 0 Å². The number of anilines is 2. The summed E-state index contributed by atoms with van der Waals surface area (Å²) in [6.45, 7) is 2.13. The van der Waals surface area contributed by atoms with Gasteiger partial charge in [0.05, 0.1) is 19.7 Å². The summed E-state index contributed by atoms with van der Waals surface area (Å²) < 4.78 is 23.8. The number of nitrogen functional groups attached to an aromatic ring is 1. The minimum Gasteiger partial charge on any atom is -0.493 e. The molecular weight excluding hydrogens is 389 g/mol. The average molecular weight is 411 g/mol. The Morgan fingerprint density at radius 3 is 2.27 bits per heavy atom. The molecule has 156 valence electrons. The number of halogens is 1. The summed E-state index contributed by atoms with van der Waals surface area (Å²) in [7, 11) is 3.12. The van der Waals surface area contributed by atoms with Crippen LogP contribution in [0.4, 0.5) is 16.2 Å². The molecular formula is C21H22FN5O3. The van der Waals surface area contributed by atoms with Crippen molar-refractivity contribution in [1.29, 1.82) is 0 Å². The third-order valence-corrected chi connectivity index (χ3v) is 5.16. The first kappa shape index (κ1) is 19.7. The Morgan fingerprint density at radius 1 is 1.00 bits per heavy atom. The van der Waals surface area contributed by atoms with E-state index in [1.165, 1.54) is 24.3 Å². The first-order chi connectivity index (χ1) is 14.5. The van der Waals surface area contributed by atoms with Crippen LogP contribution < -0.4 is 20.1 Å². The standard InChI is InChI=1S/C21H22FN5O3/c1-29-17-11-15-16(12-18(17)30-2)24-21(25-19(15)23)27-9-7-26(8-10-27)20(28)13-3-5-14(22)6-4-13/h3-6,11-12H,7-10H2,1-2H3,(H2,23,24,25). The molecule has 2 N–H and O–H groups in total. The van der Waals surface area contributed by atoms with E-state index in [4.69, 9.17) is 15.2 Å². The summed E-state index contributed by atoms with van der Waals surface area (Å²) in [5.74, 6) is 1.48. The van der Waals surface area contributed by atoms with E-state index in [0.717, 1.165) is 0 Å². The molecule has 30 heavy (non-hydrogen) atoms. The summed E-state index contributed by atoms with van der Waals surface area (Å²) in [5, 5.41) is 0.682. The van der Waals surface area contributed by atoms with Crippen molar-refractivity contribution in [2.45, 2.75) is 0 Å². The molecule has 1 aliphatic rings. The van der Waals surface area contributed by atoms with E-state index in [1.807, 2.05) is 4.90 Å². The predicted molar refractivity (Wildman–Crippen MR) is 112 cm³/mol. The maximum absolute atomic E-state index is 13.1. The highest BCUT2D eigenvalue weighted by atomic mass is 19.1. The van der Waals surface area contributed by atoms with Gasteiger partial charge in [-0.05, 0) is 30.3 Å². The average Bonchev–Trinajstić information content (AvgIpc) is 2.78. The first-order valence-electron chi connectivity index (χ1n) is 9.49. The molecule has 9 heteroatoms. The molecule has 3 aromatic rings. The lowest BCUT2D eigenvalue weighted by atomic mass is 10.2. The van der Waals surface area contributed by atoms with Gasteiger partial charge in [0.2, 0.25) is 5.95 Å². The Hall–Kier alpha value is -3.62. The number of ether oxygens (including phenoxy) is 2. The van der Waals surface area contributed by atoms with Crippen LogP contribution in [0, 0.1) is 5.82 Å². The second-order valence-electron chi connectivity index (χ2n) is 6.92. The fraction of sp³-hybridized carbons (Fsp3) is 0.286. The van der Waals surface area contributed by atoms with Crippen molar-refractivity contribution >= 4 is 28.6 Å². The van der Waals surface area contributed by atoms with E-state index in [1.54, 1.807) is 31.3 Å². The Labute approximate surface area is 173 Å². The lowest BCUT2D eigenvalue weighted by Crippen LogP contribution is -2.49. The van der Waals surface area contributed by atoms with E-state index in [2.05, 4.69) is 9.97 Å². The van der Waals surface area contributed by atoms with Crippen molar-refractivity contribution in [1.82, 2.24) is 14.9 Å². The predicted octanol–water partition coefficient (Wildman–Crippen LogP) is 2.33. The number of piperazine rings is 1. The number of hydrogen-bond acceptors (Lipinski definition) is 7. The van der Waals surface area contributed by atoms with Crippen LogP contribution >= 0.6 is 0 Å². The van der Waals surface area contributed by atoms with Crippen LogP contribution in [-0.4, -0.2) is 61.2 Å². The maximum Gasteiger partial charge on any atom is 0.253 e. The smallest absolute Gasteiger partial charge is 0.253 e. The van der Waals surface area contributed by atoms with Gasteiger partial charge in [-0.2, -0.15) is 4.98 Å². The van der Waals surface area contributed by atoms with Gasteiger partial charge in [0.1, 0.15) is 11.6 Å². The van der Waals surface area contributed by atoms with E-state index in [-0.39, 0.29) is 11.7 Å². The van der Waals surface area contributed by atoms with Crippen molar-refractivity contribution in [2.24, 2.45) is 0 Å². The van der Waals surface area contributed by atoms with Gasteiger partial charge in [-0.15, -0.1) is 0 Å². The van der Waals surface area contributed by atoms with Gasteiger partial charge in [-0.3, -0.25) is 4.79 Å². The van der Waals surface area contributed by atoms with E-state index >= 15 is 0 Å². The molecule has 0 saturated carbocycles. The summed E-state index contributed by atoms with van der Waals surface area (Å²) in [5.41, 5.74) is 7.30. The molecule has 1 saturated heterocycles. The molecule has 8 nitrogen and oxygen atoms in total. The van der Waals surface area contributed by atoms with E-state index in [9.17, 15) is 9.18 Å². The summed E-state index contributed by atoms with van der Waals surface area (Å²) in [4.78, 5) is 25.4. The van der Waals surface area contributed by atoms with Crippen LogP contribution in [0.5, 0.6) is 11.5 Å². The van der Waals surface area contributed by atoms with Crippen LogP contribution in [0.3, 0.4) is 0 Å². The second kappa shape index (κ2) is 8.02. The number of aromatic nitrogens is 2. The molecule has 0 aliphatic carbocycles. The topological polar surface area (TPSA) is 93.8 Å². The van der Waals surface area contributed by atoms with Crippen molar-refractivity contribution < 1.29 is 18.7 Å². The van der Waals surface area contributed by atoms with Crippen LogP contribution in [-0.2, 0) is 0 Å². The molecule has 0 unspecified atom stereocenters. The molecule has 1 amide bonds. The zero-order chi connectivity index (χ0) is 21.3. The largest absolute Gasteiger partial charge is 0.493 e. The third kappa shape index (κ3) is 3.66. The van der Waals surface area contributed by atoms with Gasteiger partial charge in [0.15, 0.2) is 11.5 Å². The fourth-order valence-electron chi connectivity index (χ4n) is 3.49. The number of benzene rings is 2. The summed E-state index contributed by atoms with van der Waals surface area (Å²) in [6.07, 6.45) is 0. The SMILES string of the molecule is COc1cc2nc(N3CCN(C(=O)c4ccc(F)cc4)CC3)nc(N)c2cc1OC. The first-order valence-corrected chi connectivity index (χ1v) is 9.49. The lowest BCUT2D eigenvalue weighted by Gasteiger charge is -2.35. The van der Waals surface area contributed by atoms with Crippen LogP contribution in [0.1, 0.15) is 10.4 Å². The molecule has 2 aromatic carbocycles. The molecule has 0 bridgehead atoms. The lowest BCUT2D eigenvalue weighted by molar-refractivity contribution is 0.0746. The van der Waals surface area contributed by atoms with Gasteiger partial charge in [-0.1, -0.05) is 0 Å². The molecule has 1 aliphatic heterocycles. The zero-order valence-electron chi connectivity index (χ0n) is 16.8. The number of hydrogen-bond donors (Lipinski definition) is 1. The Morgan fingerprint density at radius 2 is 1.63 bits per heavy atom. The number of nitrogens with two attached hydrogens (primary N) is 1. The number of carbonyl (C=O) groups excluding carboxylic acids is 1. The van der Waals surface area contributed by atoms with Gasteiger partial charge in [0, 0.05) is 43.2 Å². The molecule has 0 atom stereocenters. The highest BCUT2D eigenvalue weighted by Crippen LogP contribution is 2.34. The molecule has 0 radical (unpaired) electrons. The normalized spacial score (nSPS) is 14.1. The number of nitrogens with zero attached hydrogens (tertiary/aromatic N) is 4. The molecule has 2 heterocycles. The zero-order valence-corrected chi connectivity index (χ0v) is 16.8. The number of carbonyl (C=O) groups is 1. The number of amides is 1. The highest BCUT2D eigenvalue weighted by Gasteiger charge is 2.24. The van der Waals surface area contributed by atoms with Crippen molar-refractivity contribution in [3.8, 4) is 11.5 Å². The van der Waals surface area contributed by atoms with Crippen LogP contribution in [0.15, 0.2) is 36.4 Å². The monoisotopic (exact) mass is 411 g/mol. The van der Waals surface area contributed by atoms with Crippen molar-refractivity contribution in [3.05, 3.63) is 47.8 Å². The Kier molecular flexibility index (Phi) is 5.26. The highest BCUT2D eigenvalue weighted by molar-refractivity contribution is 5.94. The quantitative estimate of drug-likeness (QED) is 0.704. The third-order valence-electron chi connectivity index (χ3n) is 5.16. The maximum atomic E-state index is 13.1. The van der Waals surface area contributed by atoms with Crippen LogP contribution in [0.2, 0.25) is 0 Å². The summed E-state index contributed by atoms with van der Waals surface area (Å²) in [6, 6.07) is 9.10. The molecule has 4 rings (SSSR count). The molecule has 1 fully saturated rings. The van der Waals surface area contributed by atoms with Crippen molar-refractivity contribution in [2.75, 3.05) is 51.0 Å². The number of rotatable bonds is 4. The second-order valence-corrected chi connectivity index (χ2v) is 6.92. The number of fused-ring (bicyclic) bond motifs is 1. The van der Waals surface area contributed by atoms with Crippen molar-refractivity contribution in [3.63, 3.8) is 0 Å². The van der Waals surface area contributed by atoms with E-state index in [0.29, 0.717) is 65.9 Å². The van der Waals surface area contributed by atoms with Crippen LogP contribution in [0.25, 0.3) is 10.9 Å². The fourth-order valence-corrected chi connectivity index (χ4v) is 3.49. The Balaban J connectivity index is 1.53. The number of methoxy groups -OCH3 is 2. The van der Waals surface area contributed by atoms with E-state index < -0.39 is 0 Å². The van der Waals surface area contributed by atoms with Gasteiger partial charge in [-0.25, -0.2) is 9.37 Å². The molecule has 1 aromatic heterocycles. The minimum atomic E-state index is -0.364.